The Bertz CT molecular complexity index is 1450. The molecule has 2 aromatic heterocycles. The number of benzene rings is 2. The summed E-state index contributed by atoms with van der Waals surface area (Å²) in [6.45, 7) is 4.08. The first-order valence-electron chi connectivity index (χ1n) is 10.2. The van der Waals surface area contributed by atoms with E-state index < -0.39 is 5.97 Å². The molecule has 1 aliphatic heterocycles. The van der Waals surface area contributed by atoms with Gasteiger partial charge in [0, 0.05) is 18.2 Å². The minimum atomic E-state index is -0.986. The Morgan fingerprint density at radius 2 is 1.94 bits per heavy atom. The second-order valence-electron chi connectivity index (χ2n) is 7.26. The zero-order chi connectivity index (χ0) is 23.7. The summed E-state index contributed by atoms with van der Waals surface area (Å²) in [7, 11) is 0. The Morgan fingerprint density at radius 3 is 2.68 bits per heavy atom. The number of furan rings is 1. The number of carbonyl (C=O) groups is 2. The summed E-state index contributed by atoms with van der Waals surface area (Å²) in [5.74, 6) is -0.0902. The number of rotatable bonds is 6. The molecule has 0 spiro atoms. The molecule has 0 aliphatic carbocycles. The Morgan fingerprint density at radius 1 is 1.15 bits per heavy atom. The summed E-state index contributed by atoms with van der Waals surface area (Å²) < 4.78 is 6.92. The van der Waals surface area contributed by atoms with Crippen molar-refractivity contribution in [3.05, 3.63) is 89.5 Å². The molecule has 2 aromatic carbocycles. The number of thioether (sulfide) groups is 1. The van der Waals surface area contributed by atoms with Crippen molar-refractivity contribution in [2.45, 2.75) is 0 Å². The number of hydrogen-bond acceptors (Lipinski definition) is 7. The van der Waals surface area contributed by atoms with Crippen molar-refractivity contribution < 1.29 is 19.1 Å². The van der Waals surface area contributed by atoms with Crippen molar-refractivity contribution in [3.8, 4) is 11.3 Å². The quantitative estimate of drug-likeness (QED) is 0.263. The van der Waals surface area contributed by atoms with Gasteiger partial charge in [-0.1, -0.05) is 41.7 Å². The Kier molecular flexibility index (Phi) is 5.87. The SMILES string of the molecule is C=CCN1C(=O)/C(=C/c2ccc(-c3ccc(C(=O)O)cc3)o2)S/C1=N/c1nc2ccccc2s1. The summed E-state index contributed by atoms with van der Waals surface area (Å²) in [6, 6.07) is 17.8. The molecular formula is C25H17N3O4S2. The molecule has 9 heteroatoms. The molecular weight excluding hydrogens is 470 g/mol. The summed E-state index contributed by atoms with van der Waals surface area (Å²) in [6.07, 6.45) is 3.33. The predicted octanol–water partition coefficient (Wildman–Crippen LogP) is 6.04. The van der Waals surface area contributed by atoms with Crippen molar-refractivity contribution in [2.75, 3.05) is 6.54 Å². The van der Waals surface area contributed by atoms with Crippen LogP contribution >= 0.6 is 23.1 Å². The maximum atomic E-state index is 13.0. The number of amidine groups is 1. The molecule has 1 N–H and O–H groups in total. The van der Waals surface area contributed by atoms with E-state index in [4.69, 9.17) is 9.52 Å². The zero-order valence-electron chi connectivity index (χ0n) is 17.7. The highest BCUT2D eigenvalue weighted by Gasteiger charge is 2.33. The van der Waals surface area contributed by atoms with Gasteiger partial charge in [0.2, 0.25) is 5.13 Å². The number of aromatic carboxylic acids is 1. The number of aliphatic imine (C=N–C) groups is 1. The van der Waals surface area contributed by atoms with E-state index in [9.17, 15) is 9.59 Å². The van der Waals surface area contributed by atoms with E-state index in [1.807, 2.05) is 24.3 Å². The zero-order valence-corrected chi connectivity index (χ0v) is 19.3. The number of aromatic nitrogens is 1. The van der Waals surface area contributed by atoms with Gasteiger partial charge < -0.3 is 9.52 Å². The maximum absolute atomic E-state index is 13.0. The van der Waals surface area contributed by atoms with Crippen molar-refractivity contribution in [1.82, 2.24) is 9.88 Å². The highest BCUT2D eigenvalue weighted by atomic mass is 32.2. The van der Waals surface area contributed by atoms with Crippen molar-refractivity contribution in [1.29, 1.82) is 0 Å². The predicted molar refractivity (Wildman–Crippen MR) is 135 cm³/mol. The van der Waals surface area contributed by atoms with Crippen molar-refractivity contribution >= 4 is 61.6 Å². The molecule has 0 saturated carbocycles. The minimum Gasteiger partial charge on any atom is -0.478 e. The Labute approximate surface area is 202 Å². The second kappa shape index (κ2) is 9.12. The number of hydrogen-bond donors (Lipinski definition) is 1. The van der Waals surface area contributed by atoms with Crippen LogP contribution in [0.25, 0.3) is 27.6 Å². The molecule has 34 heavy (non-hydrogen) atoms. The van der Waals surface area contributed by atoms with Crippen LogP contribution in [0.1, 0.15) is 16.1 Å². The van der Waals surface area contributed by atoms with E-state index in [-0.39, 0.29) is 11.5 Å². The summed E-state index contributed by atoms with van der Waals surface area (Å²) >= 11 is 2.72. The molecule has 1 fully saturated rings. The van der Waals surface area contributed by atoms with Crippen LogP contribution in [0.5, 0.6) is 0 Å². The molecule has 1 saturated heterocycles. The monoisotopic (exact) mass is 487 g/mol. The van der Waals surface area contributed by atoms with Crippen LogP contribution in [-0.4, -0.2) is 38.6 Å². The third-order valence-corrected chi connectivity index (χ3v) is 6.93. The number of thiazole rings is 1. The van der Waals surface area contributed by atoms with E-state index in [0.717, 1.165) is 15.8 Å². The number of nitrogens with zero attached hydrogens (tertiary/aromatic N) is 3. The van der Waals surface area contributed by atoms with Crippen LogP contribution in [0.2, 0.25) is 0 Å². The minimum absolute atomic E-state index is 0.187. The molecule has 1 aliphatic rings. The van der Waals surface area contributed by atoms with Gasteiger partial charge in [-0.05, 0) is 48.2 Å². The van der Waals surface area contributed by atoms with Gasteiger partial charge in [0.15, 0.2) is 5.17 Å². The maximum Gasteiger partial charge on any atom is 0.335 e. The molecule has 168 valence electrons. The first-order chi connectivity index (χ1) is 16.5. The Balaban J connectivity index is 1.42. The molecule has 4 aromatic rings. The highest BCUT2D eigenvalue weighted by Crippen LogP contribution is 2.36. The van der Waals surface area contributed by atoms with Crippen LogP contribution in [0.3, 0.4) is 0 Å². The van der Waals surface area contributed by atoms with Crippen LogP contribution in [-0.2, 0) is 4.79 Å². The third kappa shape index (κ3) is 4.30. The summed E-state index contributed by atoms with van der Waals surface area (Å²) in [4.78, 5) is 35.3. The van der Waals surface area contributed by atoms with Gasteiger partial charge in [0.05, 0.1) is 20.7 Å². The lowest BCUT2D eigenvalue weighted by atomic mass is 10.1. The fourth-order valence-electron chi connectivity index (χ4n) is 3.36. The summed E-state index contributed by atoms with van der Waals surface area (Å²) in [5, 5.41) is 10.2. The van der Waals surface area contributed by atoms with Gasteiger partial charge in [-0.15, -0.1) is 6.58 Å². The average Bonchev–Trinajstić information content (AvgIpc) is 3.54. The number of fused-ring (bicyclic) bond motifs is 1. The number of carbonyl (C=O) groups excluding carboxylic acids is 1. The van der Waals surface area contributed by atoms with Gasteiger partial charge in [0.25, 0.3) is 5.91 Å². The highest BCUT2D eigenvalue weighted by molar-refractivity contribution is 8.18. The molecule has 0 atom stereocenters. The lowest BCUT2D eigenvalue weighted by Crippen LogP contribution is -2.29. The topological polar surface area (TPSA) is 96.0 Å². The fraction of sp³-hybridized carbons (Fsp3) is 0.0400. The van der Waals surface area contributed by atoms with Crippen LogP contribution < -0.4 is 0 Å². The molecule has 3 heterocycles. The molecule has 1 amide bonds. The first-order valence-corrected chi connectivity index (χ1v) is 11.9. The van der Waals surface area contributed by atoms with Crippen LogP contribution in [0.15, 0.2) is 87.6 Å². The van der Waals surface area contributed by atoms with E-state index in [1.54, 1.807) is 41.3 Å². The first kappa shape index (κ1) is 21.9. The normalized spacial score (nSPS) is 16.1. The summed E-state index contributed by atoms with van der Waals surface area (Å²) in [5.41, 5.74) is 1.81. The van der Waals surface area contributed by atoms with Gasteiger partial charge in [0.1, 0.15) is 11.5 Å². The third-order valence-electron chi connectivity index (χ3n) is 4.99. The van der Waals surface area contributed by atoms with Gasteiger partial charge in [-0.3, -0.25) is 9.69 Å². The molecule has 0 radical (unpaired) electrons. The molecule has 7 nitrogen and oxygen atoms in total. The lowest BCUT2D eigenvalue weighted by Gasteiger charge is -2.11. The van der Waals surface area contributed by atoms with E-state index in [1.165, 1.54) is 35.2 Å². The largest absolute Gasteiger partial charge is 0.478 e. The molecule has 5 rings (SSSR count). The fourth-order valence-corrected chi connectivity index (χ4v) is 5.23. The smallest absolute Gasteiger partial charge is 0.335 e. The van der Waals surface area contributed by atoms with Crippen LogP contribution in [0, 0.1) is 0 Å². The standard InChI is InChI=1S/C25H17N3O4S2/c1-2-13-28-22(29)21(34-25(28)27-24-26-18-5-3-4-6-20(18)33-24)14-17-11-12-19(32-17)15-7-9-16(10-8-15)23(30)31/h2-12,14H,1,13H2,(H,30,31)/b21-14-,27-25+. The number of para-hydroxylation sites is 1. The molecule has 0 bridgehead atoms. The average molecular weight is 488 g/mol. The number of amides is 1. The number of carboxylic acids is 1. The second-order valence-corrected chi connectivity index (χ2v) is 9.28. The van der Waals surface area contributed by atoms with E-state index in [0.29, 0.717) is 33.3 Å². The lowest BCUT2D eigenvalue weighted by molar-refractivity contribution is -0.121. The van der Waals surface area contributed by atoms with E-state index >= 15 is 0 Å². The molecule has 0 unspecified atom stereocenters. The number of carboxylic acid groups (broad SMARTS) is 1. The van der Waals surface area contributed by atoms with Crippen molar-refractivity contribution in [3.63, 3.8) is 0 Å². The van der Waals surface area contributed by atoms with Gasteiger partial charge in [-0.25, -0.2) is 9.78 Å². The van der Waals surface area contributed by atoms with Crippen LogP contribution in [0.4, 0.5) is 5.13 Å². The van der Waals surface area contributed by atoms with Gasteiger partial charge >= 0.3 is 5.97 Å². The van der Waals surface area contributed by atoms with E-state index in [2.05, 4.69) is 16.6 Å². The Hall–Kier alpha value is -3.95. The van der Waals surface area contributed by atoms with Crippen molar-refractivity contribution in [2.24, 2.45) is 4.99 Å². The van der Waals surface area contributed by atoms with Gasteiger partial charge in [-0.2, -0.15) is 4.99 Å².